The number of para-hydroxylation sites is 1. The van der Waals surface area contributed by atoms with Gasteiger partial charge in [0.05, 0.1) is 16.3 Å². The molecule has 4 nitrogen and oxygen atoms in total. The normalized spacial score (nSPS) is 11.0. The summed E-state index contributed by atoms with van der Waals surface area (Å²) in [6, 6.07) is 12.8. The van der Waals surface area contributed by atoms with E-state index in [9.17, 15) is 4.79 Å². The number of rotatable bonds is 6. The molecule has 0 heterocycles. The SMILES string of the molecule is CC(C)c1ccccc1OCC(=O)NN=Cc1c(Cl)cccc1Cl. The Labute approximate surface area is 151 Å². The molecule has 0 aliphatic heterocycles. The van der Waals surface area contributed by atoms with Gasteiger partial charge in [-0.2, -0.15) is 5.10 Å². The molecule has 2 aromatic rings. The van der Waals surface area contributed by atoms with Gasteiger partial charge in [0.2, 0.25) is 0 Å². The van der Waals surface area contributed by atoms with E-state index in [-0.39, 0.29) is 12.5 Å². The van der Waals surface area contributed by atoms with Crippen LogP contribution in [0.2, 0.25) is 10.0 Å². The van der Waals surface area contributed by atoms with Crippen LogP contribution < -0.4 is 10.2 Å². The van der Waals surface area contributed by atoms with E-state index in [1.165, 1.54) is 6.21 Å². The smallest absolute Gasteiger partial charge is 0.277 e. The molecule has 126 valence electrons. The van der Waals surface area contributed by atoms with Crippen molar-refractivity contribution in [3.63, 3.8) is 0 Å². The minimum absolute atomic E-state index is 0.128. The van der Waals surface area contributed by atoms with Crippen LogP contribution in [-0.2, 0) is 4.79 Å². The van der Waals surface area contributed by atoms with Crippen molar-refractivity contribution < 1.29 is 9.53 Å². The zero-order chi connectivity index (χ0) is 17.5. The van der Waals surface area contributed by atoms with Crippen LogP contribution in [-0.4, -0.2) is 18.7 Å². The number of amides is 1. The van der Waals surface area contributed by atoms with Crippen molar-refractivity contribution in [3.8, 4) is 5.75 Å². The minimum atomic E-state index is -0.368. The van der Waals surface area contributed by atoms with E-state index < -0.39 is 0 Å². The number of benzene rings is 2. The van der Waals surface area contributed by atoms with Gasteiger partial charge in [-0.25, -0.2) is 5.43 Å². The maximum Gasteiger partial charge on any atom is 0.277 e. The number of nitrogens with one attached hydrogen (secondary N) is 1. The molecule has 0 saturated carbocycles. The van der Waals surface area contributed by atoms with Crippen molar-refractivity contribution in [2.75, 3.05) is 6.61 Å². The Hall–Kier alpha value is -2.04. The highest BCUT2D eigenvalue weighted by Gasteiger charge is 2.09. The van der Waals surface area contributed by atoms with Gasteiger partial charge < -0.3 is 4.74 Å². The second-order valence-electron chi connectivity index (χ2n) is 5.41. The van der Waals surface area contributed by atoms with Crippen molar-refractivity contribution in [2.45, 2.75) is 19.8 Å². The standard InChI is InChI=1S/C18H18Cl2N2O2/c1-12(2)13-6-3-4-9-17(13)24-11-18(23)22-21-10-14-15(19)7-5-8-16(14)20/h3-10,12H,11H2,1-2H3,(H,22,23). The van der Waals surface area contributed by atoms with Crippen molar-refractivity contribution in [1.29, 1.82) is 0 Å². The number of hydrazone groups is 1. The monoisotopic (exact) mass is 364 g/mol. The molecule has 0 aromatic heterocycles. The molecule has 0 atom stereocenters. The summed E-state index contributed by atoms with van der Waals surface area (Å²) in [6.07, 6.45) is 1.41. The van der Waals surface area contributed by atoms with Crippen LogP contribution in [0.3, 0.4) is 0 Å². The maximum absolute atomic E-state index is 11.8. The summed E-state index contributed by atoms with van der Waals surface area (Å²) in [7, 11) is 0. The predicted octanol–water partition coefficient (Wildman–Crippen LogP) is 4.65. The Morgan fingerprint density at radius 3 is 2.50 bits per heavy atom. The summed E-state index contributed by atoms with van der Waals surface area (Å²) in [5, 5.41) is 4.78. The number of hydrogen-bond donors (Lipinski definition) is 1. The molecule has 1 N–H and O–H groups in total. The van der Waals surface area contributed by atoms with E-state index in [4.69, 9.17) is 27.9 Å². The highest BCUT2D eigenvalue weighted by molar-refractivity contribution is 6.38. The zero-order valence-electron chi connectivity index (χ0n) is 13.4. The number of nitrogens with zero attached hydrogens (tertiary/aromatic N) is 1. The van der Waals surface area contributed by atoms with Gasteiger partial charge in [0, 0.05) is 5.56 Å². The molecular weight excluding hydrogens is 347 g/mol. The van der Waals surface area contributed by atoms with Crippen LogP contribution >= 0.6 is 23.2 Å². The van der Waals surface area contributed by atoms with Crippen LogP contribution in [0.4, 0.5) is 0 Å². The first-order valence-corrected chi connectivity index (χ1v) is 8.22. The Bertz CT molecular complexity index is 725. The predicted molar refractivity (Wildman–Crippen MR) is 98.2 cm³/mol. The summed E-state index contributed by atoms with van der Waals surface area (Å²) < 4.78 is 5.57. The van der Waals surface area contributed by atoms with E-state index in [0.29, 0.717) is 27.3 Å². The number of halogens is 2. The fourth-order valence-electron chi connectivity index (χ4n) is 2.07. The van der Waals surface area contributed by atoms with E-state index >= 15 is 0 Å². The van der Waals surface area contributed by atoms with Crippen LogP contribution in [0, 0.1) is 0 Å². The van der Waals surface area contributed by atoms with E-state index in [1.807, 2.05) is 24.3 Å². The quantitative estimate of drug-likeness (QED) is 0.599. The first-order chi connectivity index (χ1) is 11.5. The number of carbonyl (C=O) groups excluding carboxylic acids is 1. The summed E-state index contributed by atoms with van der Waals surface area (Å²) in [5.74, 6) is 0.637. The molecule has 1 amide bonds. The highest BCUT2D eigenvalue weighted by Crippen LogP contribution is 2.25. The molecule has 6 heteroatoms. The molecule has 24 heavy (non-hydrogen) atoms. The Balaban J connectivity index is 1.92. The maximum atomic E-state index is 11.8. The molecule has 0 unspecified atom stereocenters. The third-order valence-corrected chi connectivity index (χ3v) is 3.94. The lowest BCUT2D eigenvalue weighted by atomic mass is 10.0. The van der Waals surface area contributed by atoms with Gasteiger partial charge in [0.25, 0.3) is 5.91 Å². The van der Waals surface area contributed by atoms with Crippen LogP contribution in [0.25, 0.3) is 0 Å². The van der Waals surface area contributed by atoms with E-state index in [0.717, 1.165) is 5.56 Å². The van der Waals surface area contributed by atoms with Crippen LogP contribution in [0.15, 0.2) is 47.6 Å². The lowest BCUT2D eigenvalue weighted by Crippen LogP contribution is -2.25. The number of carbonyl (C=O) groups is 1. The van der Waals surface area contributed by atoms with Crippen molar-refractivity contribution in [2.24, 2.45) is 5.10 Å². The molecule has 0 saturated heterocycles. The van der Waals surface area contributed by atoms with Crippen LogP contribution in [0.1, 0.15) is 30.9 Å². The van der Waals surface area contributed by atoms with Gasteiger partial charge in [-0.05, 0) is 29.7 Å². The molecule has 2 aromatic carbocycles. The van der Waals surface area contributed by atoms with Gasteiger partial charge in [0.15, 0.2) is 6.61 Å². The van der Waals surface area contributed by atoms with E-state index in [1.54, 1.807) is 18.2 Å². The average molecular weight is 365 g/mol. The molecule has 0 aliphatic rings. The Morgan fingerprint density at radius 2 is 1.83 bits per heavy atom. The fraction of sp³-hybridized carbons (Fsp3) is 0.222. The van der Waals surface area contributed by atoms with Crippen molar-refractivity contribution >= 4 is 35.3 Å². The second kappa shape index (κ2) is 8.71. The van der Waals surface area contributed by atoms with Crippen LogP contribution in [0.5, 0.6) is 5.75 Å². The minimum Gasteiger partial charge on any atom is -0.483 e. The molecule has 0 spiro atoms. The van der Waals surface area contributed by atoms with Gasteiger partial charge in [0.1, 0.15) is 5.75 Å². The molecule has 2 rings (SSSR count). The number of hydrogen-bond acceptors (Lipinski definition) is 3. The lowest BCUT2D eigenvalue weighted by molar-refractivity contribution is -0.123. The van der Waals surface area contributed by atoms with Gasteiger partial charge in [-0.1, -0.05) is 61.3 Å². The molecule has 0 fully saturated rings. The van der Waals surface area contributed by atoms with Crippen molar-refractivity contribution in [1.82, 2.24) is 5.43 Å². The van der Waals surface area contributed by atoms with E-state index in [2.05, 4.69) is 24.4 Å². The summed E-state index contributed by atoms with van der Waals surface area (Å²) in [5.41, 5.74) is 3.99. The fourth-order valence-corrected chi connectivity index (χ4v) is 2.56. The summed E-state index contributed by atoms with van der Waals surface area (Å²) >= 11 is 12.0. The third kappa shape index (κ3) is 4.98. The first-order valence-electron chi connectivity index (χ1n) is 7.46. The summed E-state index contributed by atoms with van der Waals surface area (Å²) in [4.78, 5) is 11.8. The lowest BCUT2D eigenvalue weighted by Gasteiger charge is -2.13. The Morgan fingerprint density at radius 1 is 1.17 bits per heavy atom. The van der Waals surface area contributed by atoms with Crippen molar-refractivity contribution in [3.05, 3.63) is 63.6 Å². The van der Waals surface area contributed by atoms with Gasteiger partial charge in [-0.3, -0.25) is 4.79 Å². The summed E-state index contributed by atoms with van der Waals surface area (Å²) in [6.45, 7) is 4.01. The molecular formula is C18H18Cl2N2O2. The van der Waals surface area contributed by atoms with Gasteiger partial charge >= 0.3 is 0 Å². The topological polar surface area (TPSA) is 50.7 Å². The Kier molecular flexibility index (Phi) is 6.64. The first kappa shape index (κ1) is 18.3. The molecule has 0 aliphatic carbocycles. The van der Waals surface area contributed by atoms with Gasteiger partial charge in [-0.15, -0.1) is 0 Å². The number of ether oxygens (including phenoxy) is 1. The molecule has 0 bridgehead atoms. The average Bonchev–Trinajstić information content (AvgIpc) is 2.56. The highest BCUT2D eigenvalue weighted by atomic mass is 35.5. The largest absolute Gasteiger partial charge is 0.483 e. The zero-order valence-corrected chi connectivity index (χ0v) is 14.9. The third-order valence-electron chi connectivity index (χ3n) is 3.28. The molecule has 0 radical (unpaired) electrons. The second-order valence-corrected chi connectivity index (χ2v) is 6.22.